The molecule has 2 N–H and O–H groups in total. The van der Waals surface area contributed by atoms with Gasteiger partial charge in [-0.1, -0.05) is 29.8 Å². The van der Waals surface area contributed by atoms with Crippen LogP contribution < -0.4 is 5.32 Å². The van der Waals surface area contributed by atoms with E-state index in [4.69, 9.17) is 5.11 Å². The van der Waals surface area contributed by atoms with E-state index in [2.05, 4.69) is 34.7 Å². The molecule has 1 fully saturated rings. The van der Waals surface area contributed by atoms with Crippen molar-refractivity contribution in [3.8, 4) is 0 Å². The lowest BCUT2D eigenvalue weighted by Crippen LogP contribution is -2.14. The van der Waals surface area contributed by atoms with Crippen molar-refractivity contribution in [1.82, 2.24) is 9.78 Å². The Morgan fingerprint density at radius 3 is 2.77 bits per heavy atom. The molecule has 22 heavy (non-hydrogen) atoms. The third kappa shape index (κ3) is 3.16. The zero-order valence-corrected chi connectivity index (χ0v) is 12.2. The molecule has 2 atom stereocenters. The van der Waals surface area contributed by atoms with Crippen molar-refractivity contribution in [2.24, 2.45) is 5.92 Å². The molecule has 0 spiro atoms. The highest BCUT2D eigenvalue weighted by Gasteiger charge is 2.43. The number of carbonyl (C=O) groups excluding carboxylic acids is 1. The van der Waals surface area contributed by atoms with Crippen molar-refractivity contribution in [3.05, 3.63) is 47.8 Å². The molecular weight excluding hydrogens is 282 g/mol. The number of benzene rings is 1. The van der Waals surface area contributed by atoms with Gasteiger partial charge in [-0.15, -0.1) is 0 Å². The smallest absolute Gasteiger partial charge is 0.325 e. The Hall–Kier alpha value is -2.63. The van der Waals surface area contributed by atoms with Crippen LogP contribution in [0.1, 0.15) is 23.5 Å². The summed E-state index contributed by atoms with van der Waals surface area (Å²) < 4.78 is 1.28. The normalized spacial score (nSPS) is 19.7. The van der Waals surface area contributed by atoms with Crippen molar-refractivity contribution in [2.75, 3.05) is 5.32 Å². The minimum absolute atomic E-state index is 0.0227. The highest BCUT2D eigenvalue weighted by Crippen LogP contribution is 2.47. The molecule has 2 aromatic rings. The summed E-state index contributed by atoms with van der Waals surface area (Å²) >= 11 is 0. The number of carbonyl (C=O) groups is 2. The lowest BCUT2D eigenvalue weighted by Gasteiger charge is -2.03. The van der Waals surface area contributed by atoms with Crippen molar-refractivity contribution in [1.29, 1.82) is 0 Å². The second-order valence-corrected chi connectivity index (χ2v) is 5.67. The average molecular weight is 299 g/mol. The third-order valence-corrected chi connectivity index (χ3v) is 3.83. The van der Waals surface area contributed by atoms with Crippen LogP contribution in [0.4, 0.5) is 5.69 Å². The Bertz CT molecular complexity index is 706. The molecule has 1 aliphatic carbocycles. The zero-order valence-electron chi connectivity index (χ0n) is 12.2. The maximum Gasteiger partial charge on any atom is 0.325 e. The van der Waals surface area contributed by atoms with Crippen LogP contribution in [0.2, 0.25) is 0 Å². The summed E-state index contributed by atoms with van der Waals surface area (Å²) in [5.41, 5.74) is 2.92. The van der Waals surface area contributed by atoms with Gasteiger partial charge in [-0.2, -0.15) is 5.10 Å². The predicted octanol–water partition coefficient (Wildman–Crippen LogP) is 2.02. The Morgan fingerprint density at radius 1 is 1.36 bits per heavy atom. The van der Waals surface area contributed by atoms with Gasteiger partial charge in [0.15, 0.2) is 0 Å². The van der Waals surface area contributed by atoms with Crippen LogP contribution in [0.5, 0.6) is 0 Å². The SMILES string of the molecule is Cc1ccc(C2CC2C(=O)Nc2cnn(CC(=O)O)c2)cc1. The fourth-order valence-corrected chi connectivity index (χ4v) is 2.55. The summed E-state index contributed by atoms with van der Waals surface area (Å²) in [4.78, 5) is 22.8. The van der Waals surface area contributed by atoms with Crippen molar-refractivity contribution in [2.45, 2.75) is 25.8 Å². The van der Waals surface area contributed by atoms with Crippen molar-refractivity contribution < 1.29 is 14.7 Å². The first-order chi connectivity index (χ1) is 10.5. The Labute approximate surface area is 127 Å². The average Bonchev–Trinajstić information content (AvgIpc) is 3.15. The second-order valence-electron chi connectivity index (χ2n) is 5.67. The first-order valence-corrected chi connectivity index (χ1v) is 7.14. The molecule has 6 heteroatoms. The second kappa shape index (κ2) is 5.63. The number of nitrogens with zero attached hydrogens (tertiary/aromatic N) is 2. The number of hydrogen-bond acceptors (Lipinski definition) is 3. The molecule has 1 heterocycles. The highest BCUT2D eigenvalue weighted by atomic mass is 16.4. The molecule has 0 radical (unpaired) electrons. The molecule has 0 aliphatic heterocycles. The molecule has 2 unspecified atom stereocenters. The monoisotopic (exact) mass is 299 g/mol. The Morgan fingerprint density at radius 2 is 2.09 bits per heavy atom. The van der Waals surface area contributed by atoms with Gasteiger partial charge >= 0.3 is 5.97 Å². The van der Waals surface area contributed by atoms with E-state index in [1.54, 1.807) is 0 Å². The lowest BCUT2D eigenvalue weighted by atomic mass is 10.1. The number of hydrogen-bond donors (Lipinski definition) is 2. The van der Waals surface area contributed by atoms with E-state index in [9.17, 15) is 9.59 Å². The van der Waals surface area contributed by atoms with Gasteiger partial charge in [0.1, 0.15) is 6.54 Å². The van der Waals surface area contributed by atoms with Gasteiger partial charge < -0.3 is 10.4 Å². The van der Waals surface area contributed by atoms with Crippen LogP contribution in [-0.4, -0.2) is 26.8 Å². The van der Waals surface area contributed by atoms with Crippen LogP contribution in [0.25, 0.3) is 0 Å². The summed E-state index contributed by atoms with van der Waals surface area (Å²) in [6.45, 7) is 1.82. The van der Waals surface area contributed by atoms with E-state index >= 15 is 0 Å². The molecular formula is C16H17N3O3. The molecule has 1 amide bonds. The molecule has 1 saturated carbocycles. The van der Waals surface area contributed by atoms with E-state index < -0.39 is 5.97 Å². The van der Waals surface area contributed by atoms with E-state index in [0.717, 1.165) is 6.42 Å². The van der Waals surface area contributed by atoms with E-state index in [-0.39, 0.29) is 24.3 Å². The lowest BCUT2D eigenvalue weighted by molar-refractivity contribution is -0.137. The molecule has 0 bridgehead atoms. The summed E-state index contributed by atoms with van der Waals surface area (Å²) in [6, 6.07) is 8.24. The molecule has 3 rings (SSSR count). The number of aromatic nitrogens is 2. The molecule has 1 aromatic heterocycles. The number of carboxylic acid groups (broad SMARTS) is 1. The first kappa shape index (κ1) is 14.3. The molecule has 0 saturated heterocycles. The number of aryl methyl sites for hydroxylation is 1. The largest absolute Gasteiger partial charge is 0.480 e. The van der Waals surface area contributed by atoms with E-state index in [1.807, 2.05) is 6.92 Å². The third-order valence-electron chi connectivity index (χ3n) is 3.83. The van der Waals surface area contributed by atoms with Gasteiger partial charge in [-0.25, -0.2) is 0 Å². The Balaban J connectivity index is 1.58. The van der Waals surface area contributed by atoms with Gasteiger partial charge in [0, 0.05) is 12.1 Å². The number of carboxylic acids is 1. The van der Waals surface area contributed by atoms with Crippen LogP contribution in [0.15, 0.2) is 36.7 Å². The fourth-order valence-electron chi connectivity index (χ4n) is 2.55. The molecule has 6 nitrogen and oxygen atoms in total. The number of rotatable bonds is 5. The molecule has 114 valence electrons. The minimum atomic E-state index is -0.970. The quantitative estimate of drug-likeness (QED) is 0.884. The standard InChI is InChI=1S/C16H17N3O3/c1-10-2-4-11(5-3-10)13-6-14(13)16(22)18-12-7-17-19(8-12)9-15(20)21/h2-5,7-8,13-14H,6,9H2,1H3,(H,18,22)(H,20,21). The maximum absolute atomic E-state index is 12.2. The van der Waals surface area contributed by atoms with Crippen LogP contribution in [-0.2, 0) is 16.1 Å². The van der Waals surface area contributed by atoms with Crippen molar-refractivity contribution in [3.63, 3.8) is 0 Å². The predicted molar refractivity (Wildman–Crippen MR) is 80.5 cm³/mol. The van der Waals surface area contributed by atoms with Gasteiger partial charge in [0.2, 0.25) is 5.91 Å². The molecule has 1 aromatic carbocycles. The molecule has 1 aliphatic rings. The van der Waals surface area contributed by atoms with Gasteiger partial charge in [0.25, 0.3) is 0 Å². The fraction of sp³-hybridized carbons (Fsp3) is 0.312. The first-order valence-electron chi connectivity index (χ1n) is 7.14. The van der Waals surface area contributed by atoms with Gasteiger partial charge in [0.05, 0.1) is 11.9 Å². The summed E-state index contributed by atoms with van der Waals surface area (Å²) in [5.74, 6) is -0.761. The number of anilines is 1. The van der Waals surface area contributed by atoms with Crippen LogP contribution >= 0.6 is 0 Å². The summed E-state index contributed by atoms with van der Waals surface area (Å²) in [6.07, 6.45) is 3.83. The number of amides is 1. The maximum atomic E-state index is 12.2. The van der Waals surface area contributed by atoms with E-state index in [1.165, 1.54) is 28.2 Å². The van der Waals surface area contributed by atoms with Crippen LogP contribution in [0, 0.1) is 12.8 Å². The summed E-state index contributed by atoms with van der Waals surface area (Å²) in [7, 11) is 0. The van der Waals surface area contributed by atoms with Gasteiger partial charge in [-0.05, 0) is 24.8 Å². The zero-order chi connectivity index (χ0) is 15.7. The van der Waals surface area contributed by atoms with E-state index in [0.29, 0.717) is 5.69 Å². The topological polar surface area (TPSA) is 84.2 Å². The summed E-state index contributed by atoms with van der Waals surface area (Å²) in [5, 5.41) is 15.4. The highest BCUT2D eigenvalue weighted by molar-refractivity contribution is 5.95. The van der Waals surface area contributed by atoms with Crippen molar-refractivity contribution >= 4 is 17.6 Å². The number of aliphatic carboxylic acids is 1. The van der Waals surface area contributed by atoms with Gasteiger partial charge in [-0.3, -0.25) is 14.3 Å². The minimum Gasteiger partial charge on any atom is -0.480 e. The van der Waals surface area contributed by atoms with Crippen LogP contribution in [0.3, 0.4) is 0 Å². The Kier molecular flexibility index (Phi) is 3.66. The number of nitrogens with one attached hydrogen (secondary N) is 1.